The molecule has 1 unspecified atom stereocenters. The molecule has 1 atom stereocenters. The molecule has 0 saturated heterocycles. The molecule has 0 aromatic heterocycles. The largest absolute Gasteiger partial charge is 0.400 e. The van der Waals surface area contributed by atoms with E-state index in [-0.39, 0.29) is 6.04 Å². The lowest BCUT2D eigenvalue weighted by Gasteiger charge is -2.11. The van der Waals surface area contributed by atoms with E-state index in [4.69, 9.17) is 5.73 Å². The molecule has 0 aromatic rings. The predicted octanol–water partition coefficient (Wildman–Crippen LogP) is 1.33. The maximum atomic E-state index is 5.72. The Kier molecular flexibility index (Phi) is 1.79. The normalized spacial score (nSPS) is 25.0. The van der Waals surface area contributed by atoms with Crippen LogP contribution < -0.4 is 5.73 Å². The van der Waals surface area contributed by atoms with Crippen LogP contribution in [0.1, 0.15) is 20.8 Å². The molecule has 1 heterocycles. The molecule has 0 saturated carbocycles. The van der Waals surface area contributed by atoms with Crippen molar-refractivity contribution in [2.45, 2.75) is 26.8 Å². The van der Waals surface area contributed by atoms with Crippen molar-refractivity contribution >= 4 is 5.71 Å². The van der Waals surface area contributed by atoms with Gasteiger partial charge >= 0.3 is 0 Å². The average Bonchev–Trinajstić information content (AvgIpc) is 2.10. The van der Waals surface area contributed by atoms with E-state index in [1.165, 1.54) is 0 Å². The Morgan fingerprint density at radius 1 is 1.60 bits per heavy atom. The molecule has 1 rings (SSSR count). The lowest BCUT2D eigenvalue weighted by molar-refractivity contribution is 0.554. The molecule has 56 valence electrons. The summed E-state index contributed by atoms with van der Waals surface area (Å²) in [7, 11) is 0. The highest BCUT2D eigenvalue weighted by atomic mass is 14.9. The highest BCUT2D eigenvalue weighted by molar-refractivity contribution is 5.95. The van der Waals surface area contributed by atoms with Gasteiger partial charge < -0.3 is 5.73 Å². The molecule has 0 aromatic carbocycles. The third kappa shape index (κ3) is 1.20. The second-order valence-electron chi connectivity index (χ2n) is 3.10. The van der Waals surface area contributed by atoms with Crippen molar-refractivity contribution in [2.24, 2.45) is 16.6 Å². The molecule has 0 bridgehead atoms. The molecular formula is C8H14N2. The van der Waals surface area contributed by atoms with E-state index in [0.717, 1.165) is 11.4 Å². The van der Waals surface area contributed by atoms with Gasteiger partial charge in [-0.05, 0) is 18.9 Å². The first-order chi connectivity index (χ1) is 4.61. The van der Waals surface area contributed by atoms with Crippen LogP contribution in [0, 0.1) is 5.92 Å². The van der Waals surface area contributed by atoms with Gasteiger partial charge in [-0.15, -0.1) is 0 Å². The predicted molar refractivity (Wildman–Crippen MR) is 44.0 cm³/mol. The Hall–Kier alpha value is -0.790. The van der Waals surface area contributed by atoms with Crippen molar-refractivity contribution in [2.75, 3.05) is 0 Å². The van der Waals surface area contributed by atoms with Crippen LogP contribution in [0.5, 0.6) is 0 Å². The fourth-order valence-corrected chi connectivity index (χ4v) is 1.19. The van der Waals surface area contributed by atoms with Gasteiger partial charge in [0.2, 0.25) is 0 Å². The van der Waals surface area contributed by atoms with Gasteiger partial charge in [0.25, 0.3) is 0 Å². The number of nitrogens with zero attached hydrogens (tertiary/aromatic N) is 1. The Bertz CT molecular complexity index is 189. The Morgan fingerprint density at radius 3 is 2.40 bits per heavy atom. The summed E-state index contributed by atoms with van der Waals surface area (Å²) in [4.78, 5) is 4.37. The first kappa shape index (κ1) is 7.32. The van der Waals surface area contributed by atoms with E-state index in [9.17, 15) is 0 Å². The quantitative estimate of drug-likeness (QED) is 0.583. The van der Waals surface area contributed by atoms with Crippen LogP contribution in [0.25, 0.3) is 0 Å². The number of hydrogen-bond acceptors (Lipinski definition) is 2. The van der Waals surface area contributed by atoms with E-state index in [1.807, 2.05) is 13.0 Å². The Labute approximate surface area is 61.8 Å². The van der Waals surface area contributed by atoms with Crippen LogP contribution in [-0.4, -0.2) is 11.8 Å². The third-order valence-electron chi connectivity index (χ3n) is 1.69. The molecule has 2 nitrogen and oxygen atoms in total. The van der Waals surface area contributed by atoms with Crippen LogP contribution in [0.15, 0.2) is 16.8 Å². The molecule has 0 aliphatic carbocycles. The molecule has 2 heteroatoms. The molecule has 0 amide bonds. The first-order valence-corrected chi connectivity index (χ1v) is 3.62. The average molecular weight is 138 g/mol. The first-order valence-electron chi connectivity index (χ1n) is 3.62. The second kappa shape index (κ2) is 2.45. The van der Waals surface area contributed by atoms with Crippen molar-refractivity contribution in [1.29, 1.82) is 0 Å². The maximum absolute atomic E-state index is 5.72. The van der Waals surface area contributed by atoms with Crippen LogP contribution in [-0.2, 0) is 0 Å². The summed E-state index contributed by atoms with van der Waals surface area (Å²) in [6.45, 7) is 6.25. The Morgan fingerprint density at radius 2 is 2.20 bits per heavy atom. The minimum atomic E-state index is 0.236. The molecule has 1 aliphatic heterocycles. The lowest BCUT2D eigenvalue weighted by atomic mass is 10.0. The van der Waals surface area contributed by atoms with Crippen LogP contribution in [0.3, 0.4) is 0 Å². The molecule has 2 N–H and O–H groups in total. The summed E-state index contributed by atoms with van der Waals surface area (Å²) in [6, 6.07) is 0.236. The van der Waals surface area contributed by atoms with Gasteiger partial charge in [-0.1, -0.05) is 13.8 Å². The minimum absolute atomic E-state index is 0.236. The van der Waals surface area contributed by atoms with Gasteiger partial charge in [-0.25, -0.2) is 0 Å². The van der Waals surface area contributed by atoms with E-state index in [2.05, 4.69) is 18.8 Å². The van der Waals surface area contributed by atoms with Crippen LogP contribution >= 0.6 is 0 Å². The molecule has 0 fully saturated rings. The van der Waals surface area contributed by atoms with Crippen LogP contribution in [0.2, 0.25) is 0 Å². The smallest absolute Gasteiger partial charge is 0.0918 e. The van der Waals surface area contributed by atoms with Crippen LogP contribution in [0.4, 0.5) is 0 Å². The molecular weight excluding hydrogens is 124 g/mol. The van der Waals surface area contributed by atoms with Gasteiger partial charge in [0, 0.05) is 11.4 Å². The zero-order valence-electron chi connectivity index (χ0n) is 6.76. The van der Waals surface area contributed by atoms with E-state index < -0.39 is 0 Å². The van der Waals surface area contributed by atoms with E-state index in [0.29, 0.717) is 5.92 Å². The van der Waals surface area contributed by atoms with Gasteiger partial charge in [-0.2, -0.15) is 0 Å². The third-order valence-corrected chi connectivity index (χ3v) is 1.69. The summed E-state index contributed by atoms with van der Waals surface area (Å²) >= 11 is 0. The van der Waals surface area contributed by atoms with Gasteiger partial charge in [0.15, 0.2) is 0 Å². The molecule has 1 aliphatic rings. The fourth-order valence-electron chi connectivity index (χ4n) is 1.19. The fraction of sp³-hybridized carbons (Fsp3) is 0.625. The number of hydrogen-bond donors (Lipinski definition) is 1. The second-order valence-corrected chi connectivity index (χ2v) is 3.10. The number of nitrogens with two attached hydrogens (primary N) is 1. The zero-order chi connectivity index (χ0) is 7.72. The van der Waals surface area contributed by atoms with Crippen molar-refractivity contribution in [3.05, 3.63) is 11.8 Å². The van der Waals surface area contributed by atoms with Crippen molar-refractivity contribution in [3.8, 4) is 0 Å². The molecule has 0 spiro atoms. The number of rotatable bonds is 1. The number of aliphatic imine (C=N–C) groups is 1. The topological polar surface area (TPSA) is 38.4 Å². The number of allylic oxidation sites excluding steroid dienone is 1. The summed E-state index contributed by atoms with van der Waals surface area (Å²) < 4.78 is 0. The highest BCUT2D eigenvalue weighted by Gasteiger charge is 2.18. The molecule has 0 radical (unpaired) electrons. The van der Waals surface area contributed by atoms with Crippen molar-refractivity contribution < 1.29 is 0 Å². The summed E-state index contributed by atoms with van der Waals surface area (Å²) in [5.41, 5.74) is 7.68. The standard InChI is InChI=1S/C8H14N2/c1-5(2)8-7(9)4-6(3)10-8/h4-5,8H,9H2,1-3H3. The van der Waals surface area contributed by atoms with E-state index in [1.54, 1.807) is 0 Å². The summed E-state index contributed by atoms with van der Waals surface area (Å²) in [5.74, 6) is 0.522. The highest BCUT2D eigenvalue weighted by Crippen LogP contribution is 2.17. The SMILES string of the molecule is CC1=NC(C(C)C)C(N)=C1. The zero-order valence-corrected chi connectivity index (χ0v) is 6.76. The summed E-state index contributed by atoms with van der Waals surface area (Å²) in [5, 5.41) is 0. The monoisotopic (exact) mass is 138 g/mol. The van der Waals surface area contributed by atoms with Crippen molar-refractivity contribution in [3.63, 3.8) is 0 Å². The maximum Gasteiger partial charge on any atom is 0.0918 e. The van der Waals surface area contributed by atoms with Crippen molar-refractivity contribution in [1.82, 2.24) is 0 Å². The van der Waals surface area contributed by atoms with Gasteiger partial charge in [-0.3, -0.25) is 4.99 Å². The minimum Gasteiger partial charge on any atom is -0.400 e. The molecule has 10 heavy (non-hydrogen) atoms. The Balaban J connectivity index is 2.75. The lowest BCUT2D eigenvalue weighted by Crippen LogP contribution is -2.18. The summed E-state index contributed by atoms with van der Waals surface area (Å²) in [6.07, 6.45) is 1.95. The van der Waals surface area contributed by atoms with E-state index >= 15 is 0 Å². The van der Waals surface area contributed by atoms with Gasteiger partial charge in [0.1, 0.15) is 0 Å². The van der Waals surface area contributed by atoms with Gasteiger partial charge in [0.05, 0.1) is 6.04 Å².